The Bertz CT molecular complexity index is 353. The molecule has 0 saturated heterocycles. The molecule has 1 rings (SSSR count). The van der Waals surface area contributed by atoms with Gasteiger partial charge in [-0.2, -0.15) is 0 Å². The first-order valence-electron chi connectivity index (χ1n) is 9.10. The van der Waals surface area contributed by atoms with E-state index < -0.39 is 5.60 Å². The van der Waals surface area contributed by atoms with Crippen molar-refractivity contribution in [2.75, 3.05) is 20.1 Å². The molecule has 0 aromatic carbocycles. The van der Waals surface area contributed by atoms with Gasteiger partial charge in [0.15, 0.2) is 0 Å². The molecule has 5 nitrogen and oxygen atoms in total. The molecule has 1 amide bonds. The van der Waals surface area contributed by atoms with Gasteiger partial charge in [-0.3, -0.25) is 0 Å². The molecule has 2 atom stereocenters. The third kappa shape index (κ3) is 9.16. The number of ether oxygens (including phenoxy) is 1. The minimum absolute atomic E-state index is 0.245. The van der Waals surface area contributed by atoms with Crippen molar-refractivity contribution in [2.24, 2.45) is 0 Å². The molecule has 0 heterocycles. The van der Waals surface area contributed by atoms with Gasteiger partial charge in [0.1, 0.15) is 5.60 Å². The number of nitrogens with one attached hydrogen (secondary N) is 2. The summed E-state index contributed by atoms with van der Waals surface area (Å²) in [5, 5.41) is 6.61. The fraction of sp³-hybridized carbons (Fsp3) is 0.944. The van der Waals surface area contributed by atoms with Crippen LogP contribution in [0.2, 0.25) is 0 Å². The molecule has 0 radical (unpaired) electrons. The van der Waals surface area contributed by atoms with Crippen LogP contribution in [0.25, 0.3) is 0 Å². The summed E-state index contributed by atoms with van der Waals surface area (Å²) in [6.45, 7) is 12.4. The van der Waals surface area contributed by atoms with E-state index in [1.807, 2.05) is 20.8 Å². The summed E-state index contributed by atoms with van der Waals surface area (Å²) in [7, 11) is 2.18. The SMILES string of the molecule is CC(C)N(C)CCCCNC1CCC(NC(=O)OC(C)(C)C)C1. The molecule has 0 aromatic heterocycles. The van der Waals surface area contributed by atoms with Crippen LogP contribution in [-0.2, 0) is 4.74 Å². The molecular formula is C18H37N3O2. The first kappa shape index (κ1) is 20.2. The number of amides is 1. The van der Waals surface area contributed by atoms with Crippen molar-refractivity contribution in [3.8, 4) is 0 Å². The highest BCUT2D eigenvalue weighted by atomic mass is 16.6. The van der Waals surface area contributed by atoms with Gasteiger partial charge in [-0.1, -0.05) is 0 Å². The van der Waals surface area contributed by atoms with Crippen LogP contribution in [-0.4, -0.2) is 54.9 Å². The number of alkyl carbamates (subject to hydrolysis) is 1. The van der Waals surface area contributed by atoms with Gasteiger partial charge in [0.25, 0.3) is 0 Å². The molecule has 1 fully saturated rings. The van der Waals surface area contributed by atoms with Crippen LogP contribution in [0.5, 0.6) is 0 Å². The summed E-state index contributed by atoms with van der Waals surface area (Å²) in [5.74, 6) is 0. The topological polar surface area (TPSA) is 53.6 Å². The zero-order valence-corrected chi connectivity index (χ0v) is 15.9. The van der Waals surface area contributed by atoms with Gasteiger partial charge in [-0.25, -0.2) is 4.79 Å². The Balaban J connectivity index is 2.10. The predicted octanol–water partition coefficient (Wildman–Crippen LogP) is 3.14. The summed E-state index contributed by atoms with van der Waals surface area (Å²) >= 11 is 0. The smallest absolute Gasteiger partial charge is 0.407 e. The zero-order chi connectivity index (χ0) is 17.5. The van der Waals surface area contributed by atoms with E-state index >= 15 is 0 Å². The normalized spacial score (nSPS) is 21.9. The van der Waals surface area contributed by atoms with Crippen LogP contribution in [0.3, 0.4) is 0 Å². The van der Waals surface area contributed by atoms with Crippen LogP contribution in [0.15, 0.2) is 0 Å². The van der Waals surface area contributed by atoms with Crippen LogP contribution in [0.1, 0.15) is 66.7 Å². The average Bonchev–Trinajstić information content (AvgIpc) is 2.83. The molecule has 1 aliphatic carbocycles. The van der Waals surface area contributed by atoms with Crippen LogP contribution < -0.4 is 10.6 Å². The number of nitrogens with zero attached hydrogens (tertiary/aromatic N) is 1. The highest BCUT2D eigenvalue weighted by Gasteiger charge is 2.27. The van der Waals surface area contributed by atoms with Crippen LogP contribution in [0, 0.1) is 0 Å². The Kier molecular flexibility index (Phi) is 8.34. The first-order valence-corrected chi connectivity index (χ1v) is 9.10. The Labute approximate surface area is 142 Å². The van der Waals surface area contributed by atoms with E-state index in [0.717, 1.165) is 32.4 Å². The lowest BCUT2D eigenvalue weighted by molar-refractivity contribution is 0.0505. The van der Waals surface area contributed by atoms with Crippen molar-refractivity contribution in [1.82, 2.24) is 15.5 Å². The largest absolute Gasteiger partial charge is 0.444 e. The molecule has 1 aliphatic rings. The molecule has 0 aromatic rings. The lowest BCUT2D eigenvalue weighted by Crippen LogP contribution is -2.39. The van der Waals surface area contributed by atoms with Crippen molar-refractivity contribution < 1.29 is 9.53 Å². The quantitative estimate of drug-likeness (QED) is 0.673. The average molecular weight is 328 g/mol. The van der Waals surface area contributed by atoms with Crippen LogP contribution in [0.4, 0.5) is 4.79 Å². The van der Waals surface area contributed by atoms with E-state index in [-0.39, 0.29) is 12.1 Å². The van der Waals surface area contributed by atoms with Gasteiger partial charge in [-0.15, -0.1) is 0 Å². The number of hydrogen-bond donors (Lipinski definition) is 2. The molecule has 0 bridgehead atoms. The van der Waals surface area contributed by atoms with E-state index in [2.05, 4.69) is 36.4 Å². The second kappa shape index (κ2) is 9.48. The maximum Gasteiger partial charge on any atom is 0.407 e. The third-order valence-corrected chi connectivity index (χ3v) is 4.41. The fourth-order valence-corrected chi connectivity index (χ4v) is 2.82. The lowest BCUT2D eigenvalue weighted by atomic mass is 10.2. The molecule has 1 saturated carbocycles. The molecular weight excluding hydrogens is 290 g/mol. The second-order valence-corrected chi connectivity index (χ2v) is 8.09. The number of rotatable bonds is 8. The van der Waals surface area contributed by atoms with Gasteiger partial charge in [0.2, 0.25) is 0 Å². The van der Waals surface area contributed by atoms with E-state index in [1.165, 1.54) is 12.8 Å². The standard InChI is InChI=1S/C18H37N3O2/c1-14(2)21(6)12-8-7-11-19-15-9-10-16(13-15)20-17(22)23-18(3,4)5/h14-16,19H,7-13H2,1-6H3,(H,20,22). The Morgan fingerprint density at radius 2 is 1.87 bits per heavy atom. The van der Waals surface area contributed by atoms with Gasteiger partial charge >= 0.3 is 6.09 Å². The molecule has 0 spiro atoms. The van der Waals surface area contributed by atoms with Crippen molar-refractivity contribution in [3.63, 3.8) is 0 Å². The summed E-state index contributed by atoms with van der Waals surface area (Å²) < 4.78 is 5.31. The van der Waals surface area contributed by atoms with Crippen molar-refractivity contribution >= 4 is 6.09 Å². The highest BCUT2D eigenvalue weighted by molar-refractivity contribution is 5.68. The fourth-order valence-electron chi connectivity index (χ4n) is 2.82. The van der Waals surface area contributed by atoms with Gasteiger partial charge in [0.05, 0.1) is 0 Å². The van der Waals surface area contributed by atoms with Crippen molar-refractivity contribution in [3.05, 3.63) is 0 Å². The molecule has 5 heteroatoms. The van der Waals surface area contributed by atoms with E-state index in [9.17, 15) is 4.79 Å². The first-order chi connectivity index (χ1) is 10.7. The van der Waals surface area contributed by atoms with E-state index in [4.69, 9.17) is 4.74 Å². The summed E-state index contributed by atoms with van der Waals surface area (Å²) in [5.41, 5.74) is -0.427. The monoisotopic (exact) mass is 327 g/mol. The Hall–Kier alpha value is -0.810. The van der Waals surface area contributed by atoms with E-state index in [0.29, 0.717) is 12.1 Å². The molecule has 0 aliphatic heterocycles. The minimum atomic E-state index is -0.427. The molecule has 2 N–H and O–H groups in total. The number of hydrogen-bond acceptors (Lipinski definition) is 4. The number of unbranched alkanes of at least 4 members (excludes halogenated alkanes) is 1. The molecule has 136 valence electrons. The lowest BCUT2D eigenvalue weighted by Gasteiger charge is -2.22. The summed E-state index contributed by atoms with van der Waals surface area (Å²) in [6, 6.07) is 1.39. The van der Waals surface area contributed by atoms with Crippen molar-refractivity contribution in [2.45, 2.75) is 90.4 Å². The van der Waals surface area contributed by atoms with Crippen LogP contribution >= 0.6 is 0 Å². The maximum absolute atomic E-state index is 11.8. The third-order valence-electron chi connectivity index (χ3n) is 4.41. The Morgan fingerprint density at radius 3 is 2.48 bits per heavy atom. The molecule has 23 heavy (non-hydrogen) atoms. The van der Waals surface area contributed by atoms with Gasteiger partial charge in [-0.05, 0) is 86.9 Å². The number of carbonyl (C=O) groups is 1. The number of carbonyl (C=O) groups excluding carboxylic acids is 1. The zero-order valence-electron chi connectivity index (χ0n) is 15.9. The van der Waals surface area contributed by atoms with Gasteiger partial charge in [0, 0.05) is 18.1 Å². The highest BCUT2D eigenvalue weighted by Crippen LogP contribution is 2.20. The van der Waals surface area contributed by atoms with Crippen molar-refractivity contribution in [1.29, 1.82) is 0 Å². The van der Waals surface area contributed by atoms with E-state index in [1.54, 1.807) is 0 Å². The second-order valence-electron chi connectivity index (χ2n) is 8.09. The van der Waals surface area contributed by atoms with Gasteiger partial charge < -0.3 is 20.3 Å². The minimum Gasteiger partial charge on any atom is -0.444 e. The maximum atomic E-state index is 11.8. The summed E-state index contributed by atoms with van der Waals surface area (Å²) in [4.78, 5) is 14.2. The summed E-state index contributed by atoms with van der Waals surface area (Å²) in [6.07, 6.45) is 5.32. The molecule has 2 unspecified atom stereocenters. The Morgan fingerprint density at radius 1 is 1.22 bits per heavy atom. The predicted molar refractivity (Wildman–Crippen MR) is 95.8 cm³/mol.